The maximum atomic E-state index is 13.9. The molecule has 1 atom stereocenters. The van der Waals surface area contributed by atoms with Crippen molar-refractivity contribution in [1.82, 2.24) is 10.3 Å². The molecular formula is C11H9BrF2N2S. The average molecular weight is 319 g/mol. The molecule has 17 heavy (non-hydrogen) atoms. The Balaban J connectivity index is 2.55. The molecular weight excluding hydrogens is 310 g/mol. The van der Waals surface area contributed by atoms with E-state index in [0.717, 1.165) is 4.88 Å². The second-order valence-corrected chi connectivity index (χ2v) is 5.15. The van der Waals surface area contributed by atoms with Crippen molar-refractivity contribution < 1.29 is 8.78 Å². The zero-order valence-corrected chi connectivity index (χ0v) is 11.3. The fourth-order valence-electron chi connectivity index (χ4n) is 1.60. The number of thiazole rings is 1. The van der Waals surface area contributed by atoms with E-state index in [-0.39, 0.29) is 10.0 Å². The van der Waals surface area contributed by atoms with Gasteiger partial charge in [0.15, 0.2) is 0 Å². The Bertz CT molecular complexity index is 516. The fraction of sp³-hybridized carbons (Fsp3) is 0.182. The Labute approximate surface area is 110 Å². The van der Waals surface area contributed by atoms with Gasteiger partial charge in [0.2, 0.25) is 0 Å². The molecule has 90 valence electrons. The van der Waals surface area contributed by atoms with Gasteiger partial charge in [0, 0.05) is 16.6 Å². The highest BCUT2D eigenvalue weighted by molar-refractivity contribution is 9.10. The van der Waals surface area contributed by atoms with Crippen LogP contribution in [-0.4, -0.2) is 12.0 Å². The van der Waals surface area contributed by atoms with E-state index in [4.69, 9.17) is 0 Å². The van der Waals surface area contributed by atoms with E-state index in [1.54, 1.807) is 18.8 Å². The van der Waals surface area contributed by atoms with Gasteiger partial charge in [-0.1, -0.05) is 0 Å². The molecule has 0 radical (unpaired) electrons. The number of nitrogens with one attached hydrogen (secondary N) is 1. The molecule has 1 aromatic heterocycles. The first kappa shape index (κ1) is 12.6. The Hall–Kier alpha value is -0.850. The summed E-state index contributed by atoms with van der Waals surface area (Å²) in [5.74, 6) is -1.16. The first-order valence-electron chi connectivity index (χ1n) is 4.84. The molecule has 0 spiro atoms. The van der Waals surface area contributed by atoms with E-state index in [2.05, 4.69) is 26.2 Å². The lowest BCUT2D eigenvalue weighted by Gasteiger charge is -2.16. The van der Waals surface area contributed by atoms with E-state index < -0.39 is 17.7 Å². The highest BCUT2D eigenvalue weighted by Gasteiger charge is 2.23. The molecule has 0 fully saturated rings. The summed E-state index contributed by atoms with van der Waals surface area (Å²) in [6.45, 7) is 0. The van der Waals surface area contributed by atoms with E-state index in [0.29, 0.717) is 0 Å². The average Bonchev–Trinajstić information content (AvgIpc) is 2.83. The summed E-state index contributed by atoms with van der Waals surface area (Å²) >= 11 is 4.41. The van der Waals surface area contributed by atoms with Gasteiger partial charge in [-0.3, -0.25) is 4.98 Å². The van der Waals surface area contributed by atoms with Crippen molar-refractivity contribution in [3.63, 3.8) is 0 Å². The number of aromatic nitrogens is 1. The summed E-state index contributed by atoms with van der Waals surface area (Å²) in [7, 11) is 1.66. The largest absolute Gasteiger partial charge is 0.308 e. The Morgan fingerprint density at radius 3 is 2.76 bits per heavy atom. The number of nitrogens with zero attached hydrogens (tertiary/aromatic N) is 1. The second kappa shape index (κ2) is 5.20. The van der Waals surface area contributed by atoms with Gasteiger partial charge in [0.25, 0.3) is 0 Å². The normalized spacial score (nSPS) is 12.7. The molecule has 0 aliphatic rings. The predicted octanol–water partition coefficient (Wildman–Crippen LogP) is 3.49. The Kier molecular flexibility index (Phi) is 3.86. The molecule has 0 saturated heterocycles. The van der Waals surface area contributed by atoms with Gasteiger partial charge in [-0.15, -0.1) is 11.3 Å². The molecule has 2 rings (SSSR count). The van der Waals surface area contributed by atoms with Crippen molar-refractivity contribution in [2.24, 2.45) is 0 Å². The zero-order chi connectivity index (χ0) is 12.4. The quantitative estimate of drug-likeness (QED) is 0.876. The first-order chi connectivity index (χ1) is 8.15. The van der Waals surface area contributed by atoms with Crippen LogP contribution in [0.3, 0.4) is 0 Å². The van der Waals surface area contributed by atoms with Gasteiger partial charge in [0.1, 0.15) is 11.6 Å². The molecule has 0 amide bonds. The van der Waals surface area contributed by atoms with Crippen molar-refractivity contribution in [2.45, 2.75) is 6.04 Å². The lowest BCUT2D eigenvalue weighted by molar-refractivity contribution is 0.521. The Morgan fingerprint density at radius 1 is 1.41 bits per heavy atom. The van der Waals surface area contributed by atoms with Crippen molar-refractivity contribution >= 4 is 27.3 Å². The molecule has 0 saturated carbocycles. The summed E-state index contributed by atoms with van der Waals surface area (Å²) in [5.41, 5.74) is 1.64. The lowest BCUT2D eigenvalue weighted by Crippen LogP contribution is -2.19. The summed E-state index contributed by atoms with van der Waals surface area (Å²) in [4.78, 5) is 4.69. The van der Waals surface area contributed by atoms with Crippen molar-refractivity contribution in [3.8, 4) is 0 Å². The van der Waals surface area contributed by atoms with Gasteiger partial charge < -0.3 is 5.32 Å². The van der Waals surface area contributed by atoms with Crippen molar-refractivity contribution in [1.29, 1.82) is 0 Å². The van der Waals surface area contributed by atoms with Gasteiger partial charge in [0.05, 0.1) is 16.0 Å². The van der Waals surface area contributed by atoms with Gasteiger partial charge in [-0.25, -0.2) is 8.78 Å². The SMILES string of the molecule is CNC(c1cncs1)c1c(F)ccc(Br)c1F. The van der Waals surface area contributed by atoms with E-state index >= 15 is 0 Å². The molecule has 1 heterocycles. The number of hydrogen-bond acceptors (Lipinski definition) is 3. The maximum absolute atomic E-state index is 13.9. The predicted molar refractivity (Wildman–Crippen MR) is 67.1 cm³/mol. The van der Waals surface area contributed by atoms with Crippen molar-refractivity contribution in [2.75, 3.05) is 7.05 Å². The second-order valence-electron chi connectivity index (χ2n) is 3.38. The summed E-state index contributed by atoms with van der Waals surface area (Å²) in [6, 6.07) is 2.07. The van der Waals surface area contributed by atoms with E-state index in [1.807, 2.05) is 0 Å². The van der Waals surface area contributed by atoms with Crippen LogP contribution < -0.4 is 5.32 Å². The van der Waals surface area contributed by atoms with Crippen LogP contribution in [0.2, 0.25) is 0 Å². The molecule has 0 bridgehead atoms. The third-order valence-corrected chi connectivity index (χ3v) is 3.85. The molecule has 0 aliphatic carbocycles. The minimum atomic E-state index is -0.585. The van der Waals surface area contributed by atoms with Crippen LogP contribution in [-0.2, 0) is 0 Å². The molecule has 2 nitrogen and oxygen atoms in total. The third-order valence-electron chi connectivity index (χ3n) is 2.39. The Morgan fingerprint density at radius 2 is 2.18 bits per heavy atom. The minimum Gasteiger partial charge on any atom is -0.308 e. The highest BCUT2D eigenvalue weighted by Crippen LogP contribution is 2.31. The van der Waals surface area contributed by atoms with Gasteiger partial charge in [-0.2, -0.15) is 0 Å². The van der Waals surface area contributed by atoms with Crippen LogP contribution in [0.25, 0.3) is 0 Å². The highest BCUT2D eigenvalue weighted by atomic mass is 79.9. The summed E-state index contributed by atoms with van der Waals surface area (Å²) in [5, 5.41) is 2.90. The molecule has 1 unspecified atom stereocenters. The van der Waals surface area contributed by atoms with Crippen LogP contribution in [0, 0.1) is 11.6 Å². The minimum absolute atomic E-state index is 0.00567. The van der Waals surface area contributed by atoms with Crippen LogP contribution >= 0.6 is 27.3 Å². The molecule has 0 aliphatic heterocycles. The van der Waals surface area contributed by atoms with Crippen LogP contribution in [0.4, 0.5) is 8.78 Å². The smallest absolute Gasteiger partial charge is 0.145 e. The number of rotatable bonds is 3. The maximum Gasteiger partial charge on any atom is 0.145 e. The molecule has 2 aromatic rings. The fourth-order valence-corrected chi connectivity index (χ4v) is 2.69. The van der Waals surface area contributed by atoms with Crippen LogP contribution in [0.15, 0.2) is 28.3 Å². The monoisotopic (exact) mass is 318 g/mol. The van der Waals surface area contributed by atoms with Gasteiger partial charge >= 0.3 is 0 Å². The van der Waals surface area contributed by atoms with E-state index in [9.17, 15) is 8.78 Å². The summed E-state index contributed by atoms with van der Waals surface area (Å²) in [6.07, 6.45) is 1.60. The van der Waals surface area contributed by atoms with E-state index in [1.165, 1.54) is 23.5 Å². The van der Waals surface area contributed by atoms with Gasteiger partial charge in [-0.05, 0) is 35.1 Å². The lowest BCUT2D eigenvalue weighted by atomic mass is 10.0. The van der Waals surface area contributed by atoms with Crippen LogP contribution in [0.1, 0.15) is 16.5 Å². The molecule has 1 aromatic carbocycles. The molecule has 1 N–H and O–H groups in total. The number of benzene rings is 1. The first-order valence-corrected chi connectivity index (χ1v) is 6.51. The number of hydrogen-bond donors (Lipinski definition) is 1. The summed E-state index contributed by atoms with van der Waals surface area (Å²) < 4.78 is 27.9. The topological polar surface area (TPSA) is 24.9 Å². The standard InChI is InChI=1S/C11H9BrF2N2S/c1-15-11(8-4-16-5-17-8)9-7(13)3-2-6(12)10(9)14/h2-5,11,15H,1H3. The molecule has 6 heteroatoms. The third kappa shape index (κ3) is 2.38. The zero-order valence-electron chi connectivity index (χ0n) is 8.88. The van der Waals surface area contributed by atoms with Crippen molar-refractivity contribution in [3.05, 3.63) is 50.4 Å². The number of halogens is 3. The van der Waals surface area contributed by atoms with Crippen LogP contribution in [0.5, 0.6) is 0 Å².